The number of fused-ring (bicyclic) bond motifs is 1. The molecule has 3 rings (SSSR count). The van der Waals surface area contributed by atoms with Gasteiger partial charge in [-0.05, 0) is 48.2 Å². The molecule has 3 heteroatoms. The lowest BCUT2D eigenvalue weighted by molar-refractivity contribution is 0.309. The molecule has 0 fully saturated rings. The van der Waals surface area contributed by atoms with Crippen molar-refractivity contribution in [3.8, 4) is 11.5 Å². The number of benzene rings is 2. The Morgan fingerprint density at radius 1 is 1.00 bits per heavy atom. The van der Waals surface area contributed by atoms with Crippen molar-refractivity contribution in [3.63, 3.8) is 0 Å². The minimum atomic E-state index is 0.602. The Bertz CT molecular complexity index is 713. The molecule has 0 saturated carbocycles. The number of hydrogen-bond donors (Lipinski definition) is 0. The van der Waals surface area contributed by atoms with E-state index in [1.165, 1.54) is 20.5 Å². The van der Waals surface area contributed by atoms with Gasteiger partial charge in [-0.15, -0.1) is 11.3 Å². The van der Waals surface area contributed by atoms with Crippen LogP contribution in [0.5, 0.6) is 11.5 Å². The number of aryl methyl sites for hydroxylation is 1. The zero-order valence-corrected chi connectivity index (χ0v) is 12.4. The SMILES string of the molecule is COc1ccc(OCc2cc3cccc(C)c3s2)cc1. The van der Waals surface area contributed by atoms with Gasteiger partial charge in [0.25, 0.3) is 0 Å². The molecule has 0 bridgehead atoms. The van der Waals surface area contributed by atoms with Gasteiger partial charge in [0.2, 0.25) is 0 Å². The molecule has 0 atom stereocenters. The van der Waals surface area contributed by atoms with Crippen LogP contribution in [0.25, 0.3) is 10.1 Å². The zero-order valence-electron chi connectivity index (χ0n) is 11.6. The van der Waals surface area contributed by atoms with Crippen molar-refractivity contribution in [1.82, 2.24) is 0 Å². The van der Waals surface area contributed by atoms with Crippen molar-refractivity contribution in [2.24, 2.45) is 0 Å². The molecule has 0 radical (unpaired) electrons. The lowest BCUT2D eigenvalue weighted by atomic mass is 10.2. The average molecular weight is 284 g/mol. The molecular weight excluding hydrogens is 268 g/mol. The van der Waals surface area contributed by atoms with Crippen molar-refractivity contribution in [2.45, 2.75) is 13.5 Å². The highest BCUT2D eigenvalue weighted by Gasteiger charge is 2.04. The van der Waals surface area contributed by atoms with Gasteiger partial charge in [0.05, 0.1) is 7.11 Å². The molecular formula is C17H16O2S. The Balaban J connectivity index is 1.74. The second kappa shape index (κ2) is 5.55. The summed E-state index contributed by atoms with van der Waals surface area (Å²) in [4.78, 5) is 1.24. The van der Waals surface area contributed by atoms with Gasteiger partial charge in [0.1, 0.15) is 18.1 Å². The van der Waals surface area contributed by atoms with Crippen LogP contribution >= 0.6 is 11.3 Å². The molecule has 0 amide bonds. The molecule has 0 saturated heterocycles. The first-order chi connectivity index (χ1) is 9.76. The largest absolute Gasteiger partial charge is 0.497 e. The van der Waals surface area contributed by atoms with E-state index in [4.69, 9.17) is 9.47 Å². The second-order valence-corrected chi connectivity index (χ2v) is 5.81. The lowest BCUT2D eigenvalue weighted by Crippen LogP contribution is -1.92. The minimum absolute atomic E-state index is 0.602. The van der Waals surface area contributed by atoms with E-state index in [0.29, 0.717) is 6.61 Å². The van der Waals surface area contributed by atoms with Crippen molar-refractivity contribution in [1.29, 1.82) is 0 Å². The summed E-state index contributed by atoms with van der Waals surface area (Å²) in [5.74, 6) is 1.70. The van der Waals surface area contributed by atoms with Gasteiger partial charge in [0, 0.05) is 9.58 Å². The van der Waals surface area contributed by atoms with E-state index in [9.17, 15) is 0 Å². The zero-order chi connectivity index (χ0) is 13.9. The predicted molar refractivity (Wildman–Crippen MR) is 83.9 cm³/mol. The summed E-state index contributed by atoms with van der Waals surface area (Å²) < 4.78 is 12.3. The van der Waals surface area contributed by atoms with Crippen LogP contribution in [0.15, 0.2) is 48.5 Å². The monoisotopic (exact) mass is 284 g/mol. The molecule has 1 aromatic heterocycles. The van der Waals surface area contributed by atoms with Gasteiger partial charge in [-0.25, -0.2) is 0 Å². The predicted octanol–water partition coefficient (Wildman–Crippen LogP) is 4.80. The standard InChI is InChI=1S/C17H16O2S/c1-12-4-3-5-13-10-16(20-17(12)13)11-19-15-8-6-14(18-2)7-9-15/h3-10H,11H2,1-2H3. The lowest BCUT2D eigenvalue weighted by Gasteiger charge is -2.05. The molecule has 0 N–H and O–H groups in total. The highest BCUT2D eigenvalue weighted by molar-refractivity contribution is 7.19. The fourth-order valence-electron chi connectivity index (χ4n) is 2.16. The summed E-state index contributed by atoms with van der Waals surface area (Å²) in [6.07, 6.45) is 0. The van der Waals surface area contributed by atoms with Crippen molar-refractivity contribution in [3.05, 3.63) is 59.0 Å². The fourth-order valence-corrected chi connectivity index (χ4v) is 3.20. The summed E-state index contributed by atoms with van der Waals surface area (Å²) in [6, 6.07) is 16.3. The van der Waals surface area contributed by atoms with E-state index >= 15 is 0 Å². The Hall–Kier alpha value is -2.00. The fraction of sp³-hybridized carbons (Fsp3) is 0.176. The smallest absolute Gasteiger partial charge is 0.122 e. The molecule has 0 aliphatic rings. The van der Waals surface area contributed by atoms with Gasteiger partial charge >= 0.3 is 0 Å². The van der Waals surface area contributed by atoms with Crippen LogP contribution in [-0.4, -0.2) is 7.11 Å². The minimum Gasteiger partial charge on any atom is -0.497 e. The third-order valence-electron chi connectivity index (χ3n) is 3.23. The molecule has 2 nitrogen and oxygen atoms in total. The van der Waals surface area contributed by atoms with E-state index in [2.05, 4.69) is 31.2 Å². The van der Waals surface area contributed by atoms with Crippen molar-refractivity contribution in [2.75, 3.05) is 7.11 Å². The maximum absolute atomic E-state index is 5.82. The molecule has 0 aliphatic heterocycles. The number of methoxy groups -OCH3 is 1. The van der Waals surface area contributed by atoms with E-state index in [0.717, 1.165) is 11.5 Å². The van der Waals surface area contributed by atoms with Gasteiger partial charge in [0.15, 0.2) is 0 Å². The average Bonchev–Trinajstić information content (AvgIpc) is 2.90. The number of rotatable bonds is 4. The first kappa shape index (κ1) is 13.0. The van der Waals surface area contributed by atoms with Gasteiger partial charge in [-0.2, -0.15) is 0 Å². The summed E-state index contributed by atoms with van der Waals surface area (Å²) in [5, 5.41) is 1.29. The number of ether oxygens (including phenoxy) is 2. The van der Waals surface area contributed by atoms with E-state index < -0.39 is 0 Å². The molecule has 0 aliphatic carbocycles. The summed E-state index contributed by atoms with van der Waals surface area (Å²) in [6.45, 7) is 2.75. The van der Waals surface area contributed by atoms with Crippen LogP contribution in [0.3, 0.4) is 0 Å². The molecule has 3 aromatic rings. The highest BCUT2D eigenvalue weighted by Crippen LogP contribution is 2.29. The molecule has 0 spiro atoms. The Morgan fingerprint density at radius 3 is 2.45 bits per heavy atom. The number of hydrogen-bond acceptors (Lipinski definition) is 3. The molecule has 102 valence electrons. The topological polar surface area (TPSA) is 18.5 Å². The van der Waals surface area contributed by atoms with Crippen LogP contribution in [-0.2, 0) is 6.61 Å². The summed E-state index contributed by atoms with van der Waals surface area (Å²) in [5.41, 5.74) is 1.32. The van der Waals surface area contributed by atoms with E-state index in [1.807, 2.05) is 24.3 Å². The van der Waals surface area contributed by atoms with Crippen LogP contribution in [0.4, 0.5) is 0 Å². The molecule has 20 heavy (non-hydrogen) atoms. The van der Waals surface area contributed by atoms with Crippen LogP contribution in [0, 0.1) is 6.92 Å². The van der Waals surface area contributed by atoms with Gasteiger partial charge in [-0.1, -0.05) is 18.2 Å². The number of thiophene rings is 1. The third-order valence-corrected chi connectivity index (χ3v) is 4.49. The molecule has 2 aromatic carbocycles. The van der Waals surface area contributed by atoms with Crippen molar-refractivity contribution < 1.29 is 9.47 Å². The normalized spacial score (nSPS) is 10.7. The first-order valence-corrected chi connectivity index (χ1v) is 7.33. The second-order valence-electron chi connectivity index (χ2n) is 4.67. The van der Waals surface area contributed by atoms with Crippen molar-refractivity contribution >= 4 is 21.4 Å². The van der Waals surface area contributed by atoms with Gasteiger partial charge in [-0.3, -0.25) is 0 Å². The van der Waals surface area contributed by atoms with Crippen LogP contribution in [0.2, 0.25) is 0 Å². The highest BCUT2D eigenvalue weighted by atomic mass is 32.1. The Labute approximate surface area is 122 Å². The summed E-state index contributed by atoms with van der Waals surface area (Å²) >= 11 is 1.80. The Morgan fingerprint density at radius 2 is 1.75 bits per heavy atom. The maximum atomic E-state index is 5.82. The van der Waals surface area contributed by atoms with E-state index in [1.54, 1.807) is 18.4 Å². The molecule has 0 unspecified atom stereocenters. The van der Waals surface area contributed by atoms with E-state index in [-0.39, 0.29) is 0 Å². The van der Waals surface area contributed by atoms with Crippen LogP contribution in [0.1, 0.15) is 10.4 Å². The quantitative estimate of drug-likeness (QED) is 0.685. The van der Waals surface area contributed by atoms with Crippen LogP contribution < -0.4 is 9.47 Å². The first-order valence-electron chi connectivity index (χ1n) is 6.51. The third kappa shape index (κ3) is 2.63. The van der Waals surface area contributed by atoms with Gasteiger partial charge < -0.3 is 9.47 Å². The Kier molecular flexibility index (Phi) is 3.61. The molecule has 1 heterocycles. The summed E-state index contributed by atoms with van der Waals surface area (Å²) in [7, 11) is 1.66. The maximum Gasteiger partial charge on any atom is 0.122 e.